The van der Waals surface area contributed by atoms with E-state index in [1.165, 1.54) is 6.07 Å². The molecule has 0 saturated carbocycles. The van der Waals surface area contributed by atoms with E-state index >= 15 is 0 Å². The first-order chi connectivity index (χ1) is 6.07. The van der Waals surface area contributed by atoms with Gasteiger partial charge in [-0.05, 0) is 0 Å². The standard InChI is InChI=1S/C7H3ClF2N2O/c8-4-5(7(9)10)12-2-3(1-11)6(4)13/h2,7H,(H,12,13). The average Bonchev–Trinajstić information content (AvgIpc) is 2.09. The molecule has 0 fully saturated rings. The monoisotopic (exact) mass is 204 g/mol. The van der Waals surface area contributed by atoms with E-state index in [2.05, 4.69) is 4.98 Å². The summed E-state index contributed by atoms with van der Waals surface area (Å²) in [4.78, 5) is 13.1. The molecule has 0 aliphatic rings. The van der Waals surface area contributed by atoms with E-state index in [0.717, 1.165) is 6.20 Å². The molecule has 1 heterocycles. The van der Waals surface area contributed by atoms with E-state index in [-0.39, 0.29) is 5.56 Å². The molecule has 0 bridgehead atoms. The van der Waals surface area contributed by atoms with Crippen LogP contribution in [0.1, 0.15) is 17.7 Å². The number of alkyl halides is 2. The van der Waals surface area contributed by atoms with Crippen LogP contribution in [0.15, 0.2) is 11.0 Å². The molecule has 0 aliphatic carbocycles. The van der Waals surface area contributed by atoms with Gasteiger partial charge in [0.25, 0.3) is 6.43 Å². The molecule has 0 saturated heterocycles. The van der Waals surface area contributed by atoms with E-state index in [1.54, 1.807) is 0 Å². The van der Waals surface area contributed by atoms with Crippen molar-refractivity contribution in [3.05, 3.63) is 32.7 Å². The summed E-state index contributed by atoms with van der Waals surface area (Å²) in [6.07, 6.45) is -1.94. The van der Waals surface area contributed by atoms with Gasteiger partial charge in [-0.25, -0.2) is 8.78 Å². The number of hydrogen-bond acceptors (Lipinski definition) is 2. The first-order valence-corrected chi connectivity index (χ1v) is 3.55. The molecular weight excluding hydrogens is 202 g/mol. The summed E-state index contributed by atoms with van der Waals surface area (Å²) in [6.45, 7) is 0. The van der Waals surface area contributed by atoms with Gasteiger partial charge in [-0.15, -0.1) is 0 Å². The maximum Gasteiger partial charge on any atom is 0.279 e. The molecule has 0 amide bonds. The second-order valence-corrected chi connectivity index (χ2v) is 2.55. The fourth-order valence-corrected chi connectivity index (χ4v) is 1.00. The van der Waals surface area contributed by atoms with Gasteiger partial charge in [0.2, 0.25) is 5.43 Å². The number of halogens is 3. The fourth-order valence-electron chi connectivity index (χ4n) is 0.761. The van der Waals surface area contributed by atoms with Gasteiger partial charge in [0.1, 0.15) is 22.3 Å². The van der Waals surface area contributed by atoms with E-state index in [0.29, 0.717) is 0 Å². The predicted molar refractivity (Wildman–Crippen MR) is 41.7 cm³/mol. The quantitative estimate of drug-likeness (QED) is 0.759. The Hall–Kier alpha value is -1.41. The Bertz CT molecular complexity index is 421. The highest BCUT2D eigenvalue weighted by atomic mass is 35.5. The van der Waals surface area contributed by atoms with Crippen LogP contribution >= 0.6 is 11.6 Å². The van der Waals surface area contributed by atoms with Gasteiger partial charge in [-0.2, -0.15) is 5.26 Å². The molecule has 0 spiro atoms. The summed E-state index contributed by atoms with van der Waals surface area (Å²) in [7, 11) is 0. The number of aromatic nitrogens is 1. The van der Waals surface area contributed by atoms with Crippen molar-refractivity contribution in [2.45, 2.75) is 6.43 Å². The normalized spacial score (nSPS) is 10.1. The first-order valence-electron chi connectivity index (χ1n) is 3.17. The Morgan fingerprint density at radius 3 is 2.69 bits per heavy atom. The lowest BCUT2D eigenvalue weighted by molar-refractivity contribution is 0.146. The SMILES string of the molecule is N#Cc1c[nH]c(C(F)F)c(Cl)c1=O. The Balaban J connectivity index is 3.43. The Morgan fingerprint density at radius 1 is 1.62 bits per heavy atom. The van der Waals surface area contributed by atoms with Crippen molar-refractivity contribution in [1.29, 1.82) is 5.26 Å². The van der Waals surface area contributed by atoms with Gasteiger partial charge in [0.05, 0.1) is 0 Å². The van der Waals surface area contributed by atoms with Crippen molar-refractivity contribution in [3.8, 4) is 6.07 Å². The molecule has 0 atom stereocenters. The zero-order valence-electron chi connectivity index (χ0n) is 6.14. The molecule has 68 valence electrons. The van der Waals surface area contributed by atoms with Crippen LogP contribution < -0.4 is 5.43 Å². The molecule has 0 radical (unpaired) electrons. The third-order valence-electron chi connectivity index (χ3n) is 1.39. The molecule has 6 heteroatoms. The molecule has 1 aromatic rings. The van der Waals surface area contributed by atoms with Gasteiger partial charge in [-0.3, -0.25) is 4.79 Å². The van der Waals surface area contributed by atoms with Crippen molar-refractivity contribution in [2.24, 2.45) is 0 Å². The molecular formula is C7H3ClF2N2O. The molecule has 13 heavy (non-hydrogen) atoms. The number of pyridine rings is 1. The molecule has 0 unspecified atom stereocenters. The Morgan fingerprint density at radius 2 is 2.23 bits per heavy atom. The summed E-state index contributed by atoms with van der Waals surface area (Å²) in [5.74, 6) is 0. The van der Waals surface area contributed by atoms with Gasteiger partial charge in [0.15, 0.2) is 0 Å². The maximum absolute atomic E-state index is 12.1. The number of H-pyrrole nitrogens is 1. The summed E-state index contributed by atoms with van der Waals surface area (Å²) in [5.41, 5.74) is -1.82. The Labute approximate surface area is 76.6 Å². The van der Waals surface area contributed by atoms with Crippen LogP contribution in [0.3, 0.4) is 0 Å². The minimum Gasteiger partial charge on any atom is -0.358 e. The van der Waals surface area contributed by atoms with E-state index in [1.807, 2.05) is 0 Å². The summed E-state index contributed by atoms with van der Waals surface area (Å²) < 4.78 is 24.2. The highest BCUT2D eigenvalue weighted by molar-refractivity contribution is 6.31. The summed E-state index contributed by atoms with van der Waals surface area (Å²) in [5, 5.41) is 7.73. The van der Waals surface area contributed by atoms with Crippen molar-refractivity contribution >= 4 is 11.6 Å². The van der Waals surface area contributed by atoms with Crippen LogP contribution in [-0.2, 0) is 0 Å². The number of nitriles is 1. The molecule has 3 nitrogen and oxygen atoms in total. The van der Waals surface area contributed by atoms with Crippen LogP contribution in [-0.4, -0.2) is 4.98 Å². The lowest BCUT2D eigenvalue weighted by atomic mass is 10.2. The minimum absolute atomic E-state index is 0.283. The topological polar surface area (TPSA) is 56.6 Å². The molecule has 1 rings (SSSR count). The molecule has 1 N–H and O–H groups in total. The third-order valence-corrected chi connectivity index (χ3v) is 1.77. The lowest BCUT2D eigenvalue weighted by Gasteiger charge is -2.01. The van der Waals surface area contributed by atoms with Crippen LogP contribution in [0.4, 0.5) is 8.78 Å². The van der Waals surface area contributed by atoms with Crippen molar-refractivity contribution in [3.63, 3.8) is 0 Å². The number of aromatic amines is 1. The number of rotatable bonds is 1. The van der Waals surface area contributed by atoms with Gasteiger partial charge < -0.3 is 4.98 Å². The molecule has 0 aliphatic heterocycles. The van der Waals surface area contributed by atoms with E-state index in [4.69, 9.17) is 16.9 Å². The zero-order valence-corrected chi connectivity index (χ0v) is 6.90. The van der Waals surface area contributed by atoms with Crippen molar-refractivity contribution in [1.82, 2.24) is 4.98 Å². The first kappa shape index (κ1) is 9.68. The van der Waals surface area contributed by atoms with E-state index < -0.39 is 22.6 Å². The number of nitrogens with one attached hydrogen (secondary N) is 1. The van der Waals surface area contributed by atoms with Crippen LogP contribution in [0, 0.1) is 11.3 Å². The number of nitrogens with zero attached hydrogens (tertiary/aromatic N) is 1. The Kier molecular flexibility index (Phi) is 2.63. The molecule has 1 aromatic heterocycles. The lowest BCUT2D eigenvalue weighted by Crippen LogP contribution is -2.10. The van der Waals surface area contributed by atoms with Gasteiger partial charge in [-0.1, -0.05) is 11.6 Å². The second-order valence-electron chi connectivity index (χ2n) is 2.17. The van der Waals surface area contributed by atoms with E-state index in [9.17, 15) is 13.6 Å². The maximum atomic E-state index is 12.1. The zero-order chi connectivity index (χ0) is 10.0. The summed E-state index contributed by atoms with van der Waals surface area (Å²) >= 11 is 5.30. The predicted octanol–water partition coefficient (Wildman–Crippen LogP) is 1.84. The smallest absolute Gasteiger partial charge is 0.279 e. The van der Waals surface area contributed by atoms with Crippen LogP contribution in [0.5, 0.6) is 0 Å². The van der Waals surface area contributed by atoms with Crippen LogP contribution in [0.25, 0.3) is 0 Å². The number of hydrogen-bond donors (Lipinski definition) is 1. The minimum atomic E-state index is -2.85. The highest BCUT2D eigenvalue weighted by Crippen LogP contribution is 2.21. The second kappa shape index (κ2) is 3.54. The van der Waals surface area contributed by atoms with Crippen molar-refractivity contribution < 1.29 is 8.78 Å². The third kappa shape index (κ3) is 1.68. The average molecular weight is 205 g/mol. The van der Waals surface area contributed by atoms with Crippen molar-refractivity contribution in [2.75, 3.05) is 0 Å². The van der Waals surface area contributed by atoms with Gasteiger partial charge in [0, 0.05) is 6.20 Å². The summed E-state index contributed by atoms with van der Waals surface area (Å²) in [6, 6.07) is 1.53. The highest BCUT2D eigenvalue weighted by Gasteiger charge is 2.16. The van der Waals surface area contributed by atoms with Crippen LogP contribution in [0.2, 0.25) is 5.02 Å². The fraction of sp³-hybridized carbons (Fsp3) is 0.143. The molecule has 0 aromatic carbocycles. The largest absolute Gasteiger partial charge is 0.358 e. The van der Waals surface area contributed by atoms with Gasteiger partial charge >= 0.3 is 0 Å².